The fourth-order valence-corrected chi connectivity index (χ4v) is 4.53. The maximum Gasteiger partial charge on any atom is 0.262 e. The Kier molecular flexibility index (Phi) is 4.28. The molecule has 3 heterocycles. The molecule has 0 aromatic heterocycles. The van der Waals surface area contributed by atoms with Gasteiger partial charge in [0.2, 0.25) is 0 Å². The molecule has 1 amide bonds. The highest BCUT2D eigenvalue weighted by Gasteiger charge is 2.37. The number of amides is 1. The zero-order valence-electron chi connectivity index (χ0n) is 16.5. The number of ether oxygens (including phenoxy) is 1. The quantitative estimate of drug-likeness (QED) is 0.851. The number of likely N-dealkylation sites (tertiary alicyclic amines) is 1. The van der Waals surface area contributed by atoms with Crippen LogP contribution in [0, 0.1) is 5.82 Å². The number of nitrogens with zero attached hydrogens (tertiary/aromatic N) is 3. The highest BCUT2D eigenvalue weighted by Crippen LogP contribution is 2.44. The van der Waals surface area contributed by atoms with Gasteiger partial charge < -0.3 is 14.5 Å². The molecule has 1 fully saturated rings. The normalized spacial score (nSPS) is 23.8. The van der Waals surface area contributed by atoms with Crippen LogP contribution in [0.3, 0.4) is 0 Å². The van der Waals surface area contributed by atoms with E-state index in [-0.39, 0.29) is 30.3 Å². The predicted octanol–water partition coefficient (Wildman–Crippen LogP) is 2.94. The van der Waals surface area contributed by atoms with Gasteiger partial charge in [-0.1, -0.05) is 18.2 Å². The van der Waals surface area contributed by atoms with E-state index in [0.717, 1.165) is 36.3 Å². The number of amidine groups is 1. The first-order valence-corrected chi connectivity index (χ1v) is 9.93. The molecule has 0 saturated carbocycles. The Morgan fingerprint density at radius 1 is 1.24 bits per heavy atom. The molecule has 1 N–H and O–H groups in total. The van der Waals surface area contributed by atoms with Gasteiger partial charge >= 0.3 is 0 Å². The second-order valence-corrected chi connectivity index (χ2v) is 7.97. The van der Waals surface area contributed by atoms with Gasteiger partial charge in [0.1, 0.15) is 24.2 Å². The van der Waals surface area contributed by atoms with E-state index in [1.54, 1.807) is 6.07 Å². The van der Waals surface area contributed by atoms with Crippen LogP contribution in [0.1, 0.15) is 24.8 Å². The molecule has 3 aliphatic rings. The summed E-state index contributed by atoms with van der Waals surface area (Å²) in [6.07, 6.45) is 1.01. The van der Waals surface area contributed by atoms with E-state index in [9.17, 15) is 9.18 Å². The number of hydrazone groups is 1. The molecule has 150 valence electrons. The van der Waals surface area contributed by atoms with Gasteiger partial charge in [-0.05, 0) is 62.2 Å². The summed E-state index contributed by atoms with van der Waals surface area (Å²) in [7, 11) is 2.10. The second-order valence-electron chi connectivity index (χ2n) is 7.97. The number of benzene rings is 2. The monoisotopic (exact) mass is 394 g/mol. The maximum absolute atomic E-state index is 14.7. The zero-order chi connectivity index (χ0) is 20.1. The number of fused-ring (bicyclic) bond motifs is 3. The lowest BCUT2D eigenvalue weighted by Gasteiger charge is -2.38. The van der Waals surface area contributed by atoms with Crippen LogP contribution in [0.4, 0.5) is 10.1 Å². The lowest BCUT2D eigenvalue weighted by atomic mass is 9.88. The van der Waals surface area contributed by atoms with Gasteiger partial charge in [-0.3, -0.25) is 4.79 Å². The first-order chi connectivity index (χ1) is 14.0. The molecule has 2 aromatic rings. The molecule has 3 aliphatic heterocycles. The Hall–Kier alpha value is -2.93. The van der Waals surface area contributed by atoms with Crippen LogP contribution in [0.5, 0.6) is 5.75 Å². The van der Waals surface area contributed by atoms with E-state index in [1.165, 1.54) is 6.07 Å². The molecule has 6 nitrogen and oxygen atoms in total. The summed E-state index contributed by atoms with van der Waals surface area (Å²) in [6.45, 7) is 4.04. The van der Waals surface area contributed by atoms with Crippen LogP contribution >= 0.6 is 0 Å². The number of nitrogens with one attached hydrogen (secondary N) is 1. The van der Waals surface area contributed by atoms with Gasteiger partial charge in [-0.2, -0.15) is 5.10 Å². The summed E-state index contributed by atoms with van der Waals surface area (Å²) < 4.78 is 20.7. The van der Waals surface area contributed by atoms with Crippen molar-refractivity contribution < 1.29 is 13.9 Å². The van der Waals surface area contributed by atoms with Crippen molar-refractivity contribution in [3.8, 4) is 16.9 Å². The van der Waals surface area contributed by atoms with E-state index >= 15 is 0 Å². The van der Waals surface area contributed by atoms with Gasteiger partial charge in [0.15, 0.2) is 5.84 Å². The van der Waals surface area contributed by atoms with E-state index in [1.807, 2.05) is 30.0 Å². The van der Waals surface area contributed by atoms with Crippen LogP contribution in [0.15, 0.2) is 41.5 Å². The predicted molar refractivity (Wildman–Crippen MR) is 110 cm³/mol. The maximum atomic E-state index is 14.7. The zero-order valence-corrected chi connectivity index (χ0v) is 16.5. The summed E-state index contributed by atoms with van der Waals surface area (Å²) in [5.41, 5.74) is 5.89. The number of anilines is 1. The first kappa shape index (κ1) is 18.1. The minimum Gasteiger partial charge on any atom is -0.483 e. The number of likely N-dealkylation sites (N-methyl/N-ethyl adjacent to an activating group) is 1. The Labute approximate surface area is 168 Å². The van der Waals surface area contributed by atoms with Crippen molar-refractivity contribution >= 4 is 17.4 Å². The molecular formula is C22H23FN4O2. The minimum atomic E-state index is -0.386. The second kappa shape index (κ2) is 6.84. The average molecular weight is 394 g/mol. The van der Waals surface area contributed by atoms with E-state index < -0.39 is 0 Å². The molecule has 2 atom stereocenters. The lowest BCUT2D eigenvalue weighted by molar-refractivity contribution is -0.122. The third-order valence-corrected chi connectivity index (χ3v) is 6.08. The summed E-state index contributed by atoms with van der Waals surface area (Å²) in [6, 6.07) is 10.5. The summed E-state index contributed by atoms with van der Waals surface area (Å²) in [5.74, 6) is 1.22. The Bertz CT molecular complexity index is 1020. The molecule has 0 spiro atoms. The fraction of sp³-hybridized carbons (Fsp3) is 0.364. The topological polar surface area (TPSA) is 57.2 Å². The van der Waals surface area contributed by atoms with Crippen molar-refractivity contribution in [2.24, 2.45) is 5.10 Å². The van der Waals surface area contributed by atoms with Crippen molar-refractivity contribution in [1.29, 1.82) is 0 Å². The molecule has 29 heavy (non-hydrogen) atoms. The Balaban J connectivity index is 1.70. The first-order valence-electron chi connectivity index (χ1n) is 9.93. The van der Waals surface area contributed by atoms with Crippen molar-refractivity contribution in [3.05, 3.63) is 47.8 Å². The van der Waals surface area contributed by atoms with Gasteiger partial charge in [-0.15, -0.1) is 0 Å². The van der Waals surface area contributed by atoms with Crippen LogP contribution in [-0.2, 0) is 4.79 Å². The number of carbonyl (C=O) groups excluding carboxylic acids is 1. The number of rotatable bonds is 2. The van der Waals surface area contributed by atoms with Gasteiger partial charge in [0.25, 0.3) is 5.91 Å². The average Bonchev–Trinajstić information content (AvgIpc) is 3.16. The molecular weight excluding hydrogens is 371 g/mol. The third-order valence-electron chi connectivity index (χ3n) is 6.08. The standard InChI is InChI=1S/C22H23FN4O2/c1-13-22(28)25-24-21-12-29-20-10-17(15-5-3-4-6-18(15)23)16(9-19(20)27(13)21)14-7-8-26(2)11-14/h3-6,9-10,13-14H,7-8,11-12H2,1-2H3,(H,25,28). The fourth-order valence-electron chi connectivity index (χ4n) is 4.53. The minimum absolute atomic E-state index is 0.151. The molecule has 1 saturated heterocycles. The van der Waals surface area contributed by atoms with E-state index in [2.05, 4.69) is 28.5 Å². The van der Waals surface area contributed by atoms with Gasteiger partial charge in [-0.25, -0.2) is 9.82 Å². The molecule has 2 aromatic carbocycles. The molecule has 0 aliphatic carbocycles. The number of halogens is 1. The SMILES string of the molecule is CC1C(=O)NN=C2COc3cc(-c4ccccc4F)c(C4CCN(C)C4)cc3N21. The van der Waals surface area contributed by atoms with E-state index in [4.69, 9.17) is 4.74 Å². The summed E-state index contributed by atoms with van der Waals surface area (Å²) in [4.78, 5) is 16.4. The number of hydrogen-bond acceptors (Lipinski definition) is 5. The van der Waals surface area contributed by atoms with Crippen LogP contribution < -0.4 is 15.1 Å². The van der Waals surface area contributed by atoms with Crippen molar-refractivity contribution in [2.75, 3.05) is 31.6 Å². The summed E-state index contributed by atoms with van der Waals surface area (Å²) >= 11 is 0. The number of hydrogen-bond donors (Lipinski definition) is 1. The van der Waals surface area contributed by atoms with E-state index in [0.29, 0.717) is 17.1 Å². The molecule has 5 rings (SSSR count). The third kappa shape index (κ3) is 2.97. The van der Waals surface area contributed by atoms with Crippen molar-refractivity contribution in [3.63, 3.8) is 0 Å². The largest absolute Gasteiger partial charge is 0.483 e. The molecule has 0 bridgehead atoms. The highest BCUT2D eigenvalue weighted by molar-refractivity contribution is 6.09. The number of carbonyl (C=O) groups is 1. The van der Waals surface area contributed by atoms with Crippen LogP contribution in [-0.4, -0.2) is 49.4 Å². The Morgan fingerprint density at radius 3 is 2.83 bits per heavy atom. The van der Waals surface area contributed by atoms with Crippen molar-refractivity contribution in [2.45, 2.75) is 25.3 Å². The lowest BCUT2D eigenvalue weighted by Crippen LogP contribution is -2.55. The van der Waals surface area contributed by atoms with Gasteiger partial charge in [0.05, 0.1) is 5.69 Å². The smallest absolute Gasteiger partial charge is 0.262 e. The van der Waals surface area contributed by atoms with Crippen molar-refractivity contribution in [1.82, 2.24) is 10.3 Å². The van der Waals surface area contributed by atoms with Gasteiger partial charge in [0, 0.05) is 12.1 Å². The Morgan fingerprint density at radius 2 is 2.07 bits per heavy atom. The van der Waals surface area contributed by atoms with Crippen LogP contribution in [0.2, 0.25) is 0 Å². The highest BCUT2D eigenvalue weighted by atomic mass is 19.1. The molecule has 7 heteroatoms. The summed E-state index contributed by atoms with van der Waals surface area (Å²) in [5, 5.41) is 4.17. The molecule has 0 radical (unpaired) electrons. The van der Waals surface area contributed by atoms with Crippen LogP contribution in [0.25, 0.3) is 11.1 Å². The molecule has 2 unspecified atom stereocenters.